The molecule has 0 unspecified atom stereocenters. The predicted octanol–water partition coefficient (Wildman–Crippen LogP) is 2.72. The SMILES string of the molecule is CC(=O)Nc1cccc(NC(=O)C2(C(=O)NCCc3ccccc3)CC2)c1. The van der Waals surface area contributed by atoms with Crippen LogP contribution in [-0.4, -0.2) is 24.3 Å². The molecule has 1 saturated carbocycles. The maximum atomic E-state index is 12.6. The van der Waals surface area contributed by atoms with Crippen molar-refractivity contribution in [3.63, 3.8) is 0 Å². The van der Waals surface area contributed by atoms with Gasteiger partial charge in [-0.2, -0.15) is 0 Å². The van der Waals surface area contributed by atoms with Gasteiger partial charge in [-0.05, 0) is 43.0 Å². The van der Waals surface area contributed by atoms with Gasteiger partial charge in [-0.25, -0.2) is 0 Å². The summed E-state index contributed by atoms with van der Waals surface area (Å²) in [7, 11) is 0. The number of hydrogen-bond donors (Lipinski definition) is 3. The van der Waals surface area contributed by atoms with Crippen LogP contribution in [-0.2, 0) is 20.8 Å². The van der Waals surface area contributed by atoms with E-state index < -0.39 is 5.41 Å². The van der Waals surface area contributed by atoms with Crippen LogP contribution in [0.1, 0.15) is 25.3 Å². The molecule has 27 heavy (non-hydrogen) atoms. The Hall–Kier alpha value is -3.15. The Morgan fingerprint density at radius 3 is 2.19 bits per heavy atom. The topological polar surface area (TPSA) is 87.3 Å². The second kappa shape index (κ2) is 8.03. The molecule has 0 aliphatic heterocycles. The van der Waals surface area contributed by atoms with E-state index in [-0.39, 0.29) is 17.7 Å². The second-order valence-corrected chi connectivity index (χ2v) is 6.79. The lowest BCUT2D eigenvalue weighted by atomic mass is 10.0. The average molecular weight is 365 g/mol. The van der Waals surface area contributed by atoms with Crippen LogP contribution in [0.5, 0.6) is 0 Å². The molecule has 0 aromatic heterocycles. The summed E-state index contributed by atoms with van der Waals surface area (Å²) in [5, 5.41) is 8.35. The molecule has 2 aromatic rings. The normalized spacial score (nSPS) is 14.1. The van der Waals surface area contributed by atoms with E-state index in [2.05, 4.69) is 16.0 Å². The van der Waals surface area contributed by atoms with E-state index in [1.165, 1.54) is 6.92 Å². The van der Waals surface area contributed by atoms with E-state index in [1.807, 2.05) is 30.3 Å². The van der Waals surface area contributed by atoms with Gasteiger partial charge in [-0.15, -0.1) is 0 Å². The molecule has 140 valence electrons. The minimum atomic E-state index is -0.985. The number of carbonyl (C=O) groups excluding carboxylic acids is 3. The summed E-state index contributed by atoms with van der Waals surface area (Å²) in [5.74, 6) is -0.719. The molecule has 0 heterocycles. The van der Waals surface area contributed by atoms with Crippen molar-refractivity contribution in [1.29, 1.82) is 0 Å². The van der Waals surface area contributed by atoms with Crippen LogP contribution < -0.4 is 16.0 Å². The molecule has 0 saturated heterocycles. The highest BCUT2D eigenvalue weighted by molar-refractivity contribution is 6.13. The van der Waals surface area contributed by atoms with Gasteiger partial charge in [0.2, 0.25) is 17.7 Å². The molecule has 3 N–H and O–H groups in total. The van der Waals surface area contributed by atoms with Crippen molar-refractivity contribution < 1.29 is 14.4 Å². The summed E-state index contributed by atoms with van der Waals surface area (Å²) in [6, 6.07) is 16.8. The third-order valence-electron chi connectivity index (χ3n) is 4.60. The van der Waals surface area contributed by atoms with Crippen molar-refractivity contribution in [3.05, 3.63) is 60.2 Å². The van der Waals surface area contributed by atoms with Crippen LogP contribution in [0.4, 0.5) is 11.4 Å². The van der Waals surface area contributed by atoms with Crippen molar-refractivity contribution in [1.82, 2.24) is 5.32 Å². The summed E-state index contributed by atoms with van der Waals surface area (Å²) in [6.07, 6.45) is 1.81. The number of carbonyl (C=O) groups is 3. The predicted molar refractivity (Wildman–Crippen MR) is 104 cm³/mol. The summed E-state index contributed by atoms with van der Waals surface area (Å²) in [5.41, 5.74) is 1.30. The summed E-state index contributed by atoms with van der Waals surface area (Å²) in [6.45, 7) is 1.92. The Balaban J connectivity index is 1.56. The van der Waals surface area contributed by atoms with Gasteiger partial charge < -0.3 is 16.0 Å². The number of nitrogens with one attached hydrogen (secondary N) is 3. The zero-order valence-corrected chi connectivity index (χ0v) is 15.2. The fourth-order valence-corrected chi connectivity index (χ4v) is 2.95. The zero-order chi connectivity index (χ0) is 19.3. The molecule has 0 radical (unpaired) electrons. The Morgan fingerprint density at radius 2 is 1.56 bits per heavy atom. The highest BCUT2D eigenvalue weighted by atomic mass is 16.2. The largest absolute Gasteiger partial charge is 0.355 e. The molecular formula is C21H23N3O3. The fourth-order valence-electron chi connectivity index (χ4n) is 2.95. The second-order valence-electron chi connectivity index (χ2n) is 6.79. The smallest absolute Gasteiger partial charge is 0.240 e. The van der Waals surface area contributed by atoms with E-state index in [4.69, 9.17) is 0 Å². The lowest BCUT2D eigenvalue weighted by Gasteiger charge is -2.16. The Labute approximate surface area is 158 Å². The average Bonchev–Trinajstić information content (AvgIpc) is 3.44. The van der Waals surface area contributed by atoms with E-state index in [0.29, 0.717) is 30.8 Å². The van der Waals surface area contributed by atoms with Crippen molar-refractivity contribution in [3.8, 4) is 0 Å². The maximum Gasteiger partial charge on any atom is 0.240 e. The zero-order valence-electron chi connectivity index (χ0n) is 15.2. The molecule has 0 bridgehead atoms. The Kier molecular flexibility index (Phi) is 5.54. The van der Waals surface area contributed by atoms with Crippen molar-refractivity contribution in [2.45, 2.75) is 26.2 Å². The molecule has 0 atom stereocenters. The molecule has 0 spiro atoms. The standard InChI is InChI=1S/C21H23N3O3/c1-15(25)23-17-8-5-9-18(14-17)24-20(27)21(11-12-21)19(26)22-13-10-16-6-3-2-4-7-16/h2-9,14H,10-13H2,1H3,(H,22,26)(H,23,25)(H,24,27). The number of amides is 3. The van der Waals surface area contributed by atoms with Crippen LogP contribution in [0, 0.1) is 5.41 Å². The molecule has 2 aromatic carbocycles. The number of hydrogen-bond acceptors (Lipinski definition) is 3. The van der Waals surface area contributed by atoms with E-state index in [9.17, 15) is 14.4 Å². The highest BCUT2D eigenvalue weighted by Crippen LogP contribution is 2.46. The molecule has 3 amide bonds. The molecule has 3 rings (SSSR count). The van der Waals surface area contributed by atoms with Gasteiger partial charge in [0, 0.05) is 24.8 Å². The summed E-state index contributed by atoms with van der Waals surface area (Å²) >= 11 is 0. The molecule has 1 fully saturated rings. The number of rotatable bonds is 7. The molecule has 6 heteroatoms. The van der Waals surface area contributed by atoms with Crippen molar-refractivity contribution in [2.24, 2.45) is 5.41 Å². The van der Waals surface area contributed by atoms with Gasteiger partial charge in [-0.3, -0.25) is 14.4 Å². The van der Waals surface area contributed by atoms with E-state index >= 15 is 0 Å². The van der Waals surface area contributed by atoms with Crippen molar-refractivity contribution in [2.75, 3.05) is 17.2 Å². The Morgan fingerprint density at radius 1 is 0.889 bits per heavy atom. The number of anilines is 2. The van der Waals surface area contributed by atoms with Crippen LogP contribution >= 0.6 is 0 Å². The quantitative estimate of drug-likeness (QED) is 0.659. The van der Waals surface area contributed by atoms with Crippen molar-refractivity contribution >= 4 is 29.1 Å². The molecular weight excluding hydrogens is 342 g/mol. The maximum absolute atomic E-state index is 12.6. The van der Waals surface area contributed by atoms with Gasteiger partial charge in [0.1, 0.15) is 5.41 Å². The van der Waals surface area contributed by atoms with Gasteiger partial charge >= 0.3 is 0 Å². The van der Waals surface area contributed by atoms with Gasteiger partial charge in [0.25, 0.3) is 0 Å². The lowest BCUT2D eigenvalue weighted by Crippen LogP contribution is -2.40. The van der Waals surface area contributed by atoms with E-state index in [0.717, 1.165) is 12.0 Å². The third kappa shape index (κ3) is 4.73. The first-order valence-corrected chi connectivity index (χ1v) is 9.01. The molecule has 1 aliphatic rings. The third-order valence-corrected chi connectivity index (χ3v) is 4.60. The van der Waals surface area contributed by atoms with Crippen LogP contribution in [0.3, 0.4) is 0 Å². The summed E-state index contributed by atoms with van der Waals surface area (Å²) in [4.78, 5) is 36.3. The molecule has 6 nitrogen and oxygen atoms in total. The summed E-state index contributed by atoms with van der Waals surface area (Å²) < 4.78 is 0. The highest BCUT2D eigenvalue weighted by Gasteiger charge is 2.56. The molecule has 1 aliphatic carbocycles. The monoisotopic (exact) mass is 365 g/mol. The van der Waals surface area contributed by atoms with Crippen LogP contribution in [0.2, 0.25) is 0 Å². The first kappa shape index (κ1) is 18.6. The van der Waals surface area contributed by atoms with Crippen LogP contribution in [0.15, 0.2) is 54.6 Å². The van der Waals surface area contributed by atoms with Gasteiger partial charge in [0.15, 0.2) is 0 Å². The minimum absolute atomic E-state index is 0.185. The fraction of sp³-hybridized carbons (Fsp3) is 0.286. The minimum Gasteiger partial charge on any atom is -0.355 e. The first-order valence-electron chi connectivity index (χ1n) is 9.01. The van der Waals surface area contributed by atoms with E-state index in [1.54, 1.807) is 24.3 Å². The lowest BCUT2D eigenvalue weighted by molar-refractivity contribution is -0.134. The van der Waals surface area contributed by atoms with Crippen LogP contribution in [0.25, 0.3) is 0 Å². The van der Waals surface area contributed by atoms with Gasteiger partial charge in [-0.1, -0.05) is 36.4 Å². The number of benzene rings is 2. The first-order chi connectivity index (χ1) is 13.0. The van der Waals surface area contributed by atoms with Gasteiger partial charge in [0.05, 0.1) is 0 Å². The Bertz CT molecular complexity index is 845.